The molecule has 4 rings (SSSR count). The predicted octanol–water partition coefficient (Wildman–Crippen LogP) is 3.03. The number of ketones is 1. The maximum atomic E-state index is 12.2. The number of aromatic amines is 1. The summed E-state index contributed by atoms with van der Waals surface area (Å²) in [5, 5.41) is 4.14. The number of hydrogen-bond donors (Lipinski definition) is 2. The first-order chi connectivity index (χ1) is 11.3. The van der Waals surface area contributed by atoms with E-state index in [1.807, 2.05) is 48.7 Å². The summed E-state index contributed by atoms with van der Waals surface area (Å²) in [5.41, 5.74) is 2.74. The summed E-state index contributed by atoms with van der Waals surface area (Å²) in [7, 11) is 0. The van der Waals surface area contributed by atoms with Gasteiger partial charge in [0, 0.05) is 36.0 Å². The lowest BCUT2D eigenvalue weighted by atomic mass is 10.1. The van der Waals surface area contributed by atoms with Gasteiger partial charge in [-0.25, -0.2) is 4.98 Å². The lowest BCUT2D eigenvalue weighted by Crippen LogP contribution is -2.19. The number of H-pyrrole nitrogens is 1. The molecule has 0 fully saturated rings. The van der Waals surface area contributed by atoms with E-state index in [1.54, 1.807) is 6.20 Å². The lowest BCUT2D eigenvalue weighted by Gasteiger charge is -2.12. The van der Waals surface area contributed by atoms with E-state index in [-0.39, 0.29) is 5.78 Å². The quantitative estimate of drug-likeness (QED) is 0.777. The lowest BCUT2D eigenvalue weighted by molar-refractivity contribution is -0.120. The van der Waals surface area contributed by atoms with Crippen LogP contribution in [-0.4, -0.2) is 21.9 Å². The molecule has 0 aliphatic carbocycles. The molecule has 0 bridgehead atoms. The Morgan fingerprint density at radius 1 is 1.17 bits per heavy atom. The Morgan fingerprint density at radius 2 is 2.04 bits per heavy atom. The summed E-state index contributed by atoms with van der Waals surface area (Å²) < 4.78 is 5.77. The van der Waals surface area contributed by atoms with Crippen LogP contribution in [0.1, 0.15) is 5.56 Å². The van der Waals surface area contributed by atoms with Gasteiger partial charge in [-0.05, 0) is 29.8 Å². The van der Waals surface area contributed by atoms with E-state index in [0.29, 0.717) is 12.3 Å². The van der Waals surface area contributed by atoms with Crippen molar-refractivity contribution in [1.29, 1.82) is 0 Å². The highest BCUT2D eigenvalue weighted by Crippen LogP contribution is 2.23. The molecule has 0 spiro atoms. The molecule has 1 aliphatic rings. The second-order valence-electron chi connectivity index (χ2n) is 5.43. The van der Waals surface area contributed by atoms with E-state index < -0.39 is 6.10 Å². The van der Waals surface area contributed by atoms with E-state index >= 15 is 0 Å². The molecule has 1 aliphatic heterocycles. The van der Waals surface area contributed by atoms with Crippen LogP contribution in [0.5, 0.6) is 0 Å². The van der Waals surface area contributed by atoms with Crippen LogP contribution in [0.15, 0.2) is 66.8 Å². The summed E-state index contributed by atoms with van der Waals surface area (Å²) in [6, 6.07) is 13.5. The average molecular weight is 305 g/mol. The molecular formula is C18H15N3O2. The number of fused-ring (bicyclic) bond motifs is 1. The number of nitrogens with one attached hydrogen (secondary N) is 2. The molecule has 1 atom stereocenters. The number of para-hydroxylation sites is 1. The second kappa shape index (κ2) is 5.61. The van der Waals surface area contributed by atoms with Gasteiger partial charge in [0.05, 0.1) is 0 Å². The first kappa shape index (κ1) is 13.6. The number of anilines is 1. The van der Waals surface area contributed by atoms with Crippen LogP contribution in [-0.2, 0) is 16.0 Å². The number of carbonyl (C=O) groups excluding carboxylic acids is 1. The monoisotopic (exact) mass is 305 g/mol. The number of rotatable bonds is 4. The summed E-state index contributed by atoms with van der Waals surface area (Å²) >= 11 is 0. The first-order valence-corrected chi connectivity index (χ1v) is 7.45. The van der Waals surface area contributed by atoms with Crippen molar-refractivity contribution in [1.82, 2.24) is 9.97 Å². The molecule has 3 heterocycles. The molecule has 114 valence electrons. The summed E-state index contributed by atoms with van der Waals surface area (Å²) in [4.78, 5) is 19.5. The van der Waals surface area contributed by atoms with Crippen molar-refractivity contribution in [3.05, 3.63) is 72.4 Å². The number of aromatic nitrogens is 2. The number of nitrogens with zero attached hydrogens (tertiary/aromatic N) is 1. The largest absolute Gasteiger partial charge is 0.467 e. The van der Waals surface area contributed by atoms with Gasteiger partial charge in [0.1, 0.15) is 5.65 Å². The fourth-order valence-electron chi connectivity index (χ4n) is 2.72. The van der Waals surface area contributed by atoms with Gasteiger partial charge in [-0.15, -0.1) is 0 Å². The minimum atomic E-state index is -0.500. The number of hydrogen-bond acceptors (Lipinski definition) is 4. The van der Waals surface area contributed by atoms with Crippen molar-refractivity contribution >= 4 is 22.5 Å². The molecular weight excluding hydrogens is 290 g/mol. The van der Waals surface area contributed by atoms with E-state index in [9.17, 15) is 4.79 Å². The van der Waals surface area contributed by atoms with Crippen molar-refractivity contribution in [2.75, 3.05) is 5.32 Å². The number of pyridine rings is 1. The molecule has 1 unspecified atom stereocenters. The molecule has 2 aromatic heterocycles. The van der Waals surface area contributed by atoms with Gasteiger partial charge >= 0.3 is 0 Å². The second-order valence-corrected chi connectivity index (χ2v) is 5.43. The third-order valence-corrected chi connectivity index (χ3v) is 3.84. The third kappa shape index (κ3) is 2.68. The maximum absolute atomic E-state index is 12.2. The summed E-state index contributed by atoms with van der Waals surface area (Å²) in [6.45, 7) is 0. The van der Waals surface area contributed by atoms with Gasteiger partial charge in [0.25, 0.3) is 0 Å². The molecule has 5 nitrogen and oxygen atoms in total. The van der Waals surface area contributed by atoms with Gasteiger partial charge in [-0.3, -0.25) is 4.79 Å². The fraction of sp³-hybridized carbons (Fsp3) is 0.111. The smallest absolute Gasteiger partial charge is 0.201 e. The Labute approximate surface area is 133 Å². The van der Waals surface area contributed by atoms with E-state index in [1.165, 1.54) is 6.08 Å². The Bertz CT molecular complexity index is 883. The zero-order chi connectivity index (χ0) is 15.6. The number of carbonyl (C=O) groups is 1. The highest BCUT2D eigenvalue weighted by atomic mass is 16.5. The van der Waals surface area contributed by atoms with Gasteiger partial charge < -0.3 is 15.0 Å². The fourth-order valence-corrected chi connectivity index (χ4v) is 2.72. The SMILES string of the molecule is O=C1C=C(Nc2ccccc2)OC1Cc1c[nH]c2ncccc12. The highest BCUT2D eigenvalue weighted by molar-refractivity contribution is 5.97. The Morgan fingerprint density at radius 3 is 2.91 bits per heavy atom. The van der Waals surface area contributed by atoms with Crippen LogP contribution in [0.3, 0.4) is 0 Å². The van der Waals surface area contributed by atoms with Gasteiger partial charge in [0.2, 0.25) is 5.78 Å². The zero-order valence-corrected chi connectivity index (χ0v) is 12.3. The predicted molar refractivity (Wildman–Crippen MR) is 87.8 cm³/mol. The standard InChI is InChI=1S/C18H15N3O2/c22-15-10-17(21-13-5-2-1-3-6-13)23-16(15)9-12-11-20-18-14(12)7-4-8-19-18/h1-8,10-11,16,21H,9H2,(H,19,20). The van der Waals surface area contributed by atoms with Crippen LogP contribution in [0.4, 0.5) is 5.69 Å². The van der Waals surface area contributed by atoms with Crippen molar-refractivity contribution in [3.63, 3.8) is 0 Å². The molecule has 1 aromatic carbocycles. The van der Waals surface area contributed by atoms with Crippen LogP contribution in [0, 0.1) is 0 Å². The number of benzene rings is 1. The molecule has 3 aromatic rings. The Balaban J connectivity index is 1.48. The third-order valence-electron chi connectivity index (χ3n) is 3.84. The highest BCUT2D eigenvalue weighted by Gasteiger charge is 2.28. The topological polar surface area (TPSA) is 67.0 Å². The summed E-state index contributed by atoms with van der Waals surface area (Å²) in [6.07, 6.45) is 5.16. The Kier molecular flexibility index (Phi) is 3.31. The maximum Gasteiger partial charge on any atom is 0.201 e. The van der Waals surface area contributed by atoms with Gasteiger partial charge in [-0.1, -0.05) is 18.2 Å². The Hall–Kier alpha value is -3.08. The van der Waals surface area contributed by atoms with Gasteiger partial charge in [0.15, 0.2) is 12.0 Å². The zero-order valence-electron chi connectivity index (χ0n) is 12.3. The van der Waals surface area contributed by atoms with Crippen molar-refractivity contribution < 1.29 is 9.53 Å². The minimum Gasteiger partial charge on any atom is -0.467 e. The van der Waals surface area contributed by atoms with Crippen LogP contribution in [0.25, 0.3) is 11.0 Å². The van der Waals surface area contributed by atoms with Crippen molar-refractivity contribution in [3.8, 4) is 0 Å². The van der Waals surface area contributed by atoms with Crippen LogP contribution < -0.4 is 5.32 Å². The van der Waals surface area contributed by atoms with Gasteiger partial charge in [-0.2, -0.15) is 0 Å². The molecule has 2 N–H and O–H groups in total. The minimum absolute atomic E-state index is 0.0262. The first-order valence-electron chi connectivity index (χ1n) is 7.45. The van der Waals surface area contributed by atoms with Crippen molar-refractivity contribution in [2.24, 2.45) is 0 Å². The molecule has 5 heteroatoms. The normalized spacial score (nSPS) is 17.1. The molecule has 0 radical (unpaired) electrons. The molecule has 0 amide bonds. The van der Waals surface area contributed by atoms with Crippen LogP contribution >= 0.6 is 0 Å². The average Bonchev–Trinajstić information content (AvgIpc) is 3.13. The van der Waals surface area contributed by atoms with E-state index in [4.69, 9.17) is 4.74 Å². The molecule has 23 heavy (non-hydrogen) atoms. The number of ether oxygens (including phenoxy) is 1. The molecule has 0 saturated carbocycles. The molecule has 0 saturated heterocycles. The van der Waals surface area contributed by atoms with Crippen LogP contribution in [0.2, 0.25) is 0 Å². The summed E-state index contributed by atoms with van der Waals surface area (Å²) in [5.74, 6) is 0.464. The van der Waals surface area contributed by atoms with E-state index in [2.05, 4.69) is 15.3 Å². The van der Waals surface area contributed by atoms with E-state index in [0.717, 1.165) is 22.3 Å². The van der Waals surface area contributed by atoms with Crippen molar-refractivity contribution in [2.45, 2.75) is 12.5 Å².